The van der Waals surface area contributed by atoms with Crippen LogP contribution in [0.15, 0.2) is 23.6 Å². The van der Waals surface area contributed by atoms with Crippen molar-refractivity contribution in [3.8, 4) is 11.8 Å². The molecule has 0 amide bonds. The Kier molecular flexibility index (Phi) is 5.68. The van der Waals surface area contributed by atoms with Gasteiger partial charge in [-0.15, -0.1) is 5.92 Å². The van der Waals surface area contributed by atoms with Crippen molar-refractivity contribution >= 4 is 5.97 Å². The first-order valence-electron chi connectivity index (χ1n) is 7.13. The van der Waals surface area contributed by atoms with Gasteiger partial charge in [-0.1, -0.05) is 31.4 Å². The summed E-state index contributed by atoms with van der Waals surface area (Å²) in [5, 5.41) is 0. The molecule has 128 valence electrons. The van der Waals surface area contributed by atoms with Gasteiger partial charge in [0.15, 0.2) is 5.83 Å². The van der Waals surface area contributed by atoms with Crippen molar-refractivity contribution in [2.24, 2.45) is 17.3 Å². The zero-order chi connectivity index (χ0) is 18.0. The Morgan fingerprint density at radius 3 is 2.30 bits per heavy atom. The van der Waals surface area contributed by atoms with Gasteiger partial charge in [-0.05, 0) is 32.1 Å². The average Bonchev–Trinajstić information content (AvgIpc) is 2.87. The van der Waals surface area contributed by atoms with Crippen LogP contribution in [-0.4, -0.2) is 18.2 Å². The molecule has 1 fully saturated rings. The molecule has 23 heavy (non-hydrogen) atoms. The van der Waals surface area contributed by atoms with Crippen molar-refractivity contribution in [2.75, 3.05) is 0 Å². The minimum Gasteiger partial charge on any atom is -0.441 e. The van der Waals surface area contributed by atoms with Gasteiger partial charge < -0.3 is 4.74 Å². The van der Waals surface area contributed by atoms with Gasteiger partial charge in [-0.25, -0.2) is 4.39 Å². The van der Waals surface area contributed by atoms with Crippen LogP contribution in [0.4, 0.5) is 17.6 Å². The number of alkyl halides is 3. The molecule has 0 saturated heterocycles. The summed E-state index contributed by atoms with van der Waals surface area (Å²) < 4.78 is 55.2. The minimum atomic E-state index is -4.84. The Morgan fingerprint density at radius 2 is 1.87 bits per heavy atom. The summed E-state index contributed by atoms with van der Waals surface area (Å²) in [6.45, 7) is 8.80. The Bertz CT molecular complexity index is 584. The summed E-state index contributed by atoms with van der Waals surface area (Å²) in [5.74, 6) is 1.46. The first-order valence-corrected chi connectivity index (χ1v) is 7.13. The second-order valence-corrected chi connectivity index (χ2v) is 6.35. The Morgan fingerprint density at radius 1 is 1.30 bits per heavy atom. The molecule has 0 heterocycles. The molecule has 1 rings (SSSR count). The zero-order valence-electron chi connectivity index (χ0n) is 13.7. The maximum absolute atomic E-state index is 13.6. The molecule has 0 aliphatic heterocycles. The highest BCUT2D eigenvalue weighted by Gasteiger charge is 2.61. The summed E-state index contributed by atoms with van der Waals surface area (Å²) in [5.41, 5.74) is 0.648. The maximum Gasteiger partial charge on any atom is 0.412 e. The number of esters is 1. The largest absolute Gasteiger partial charge is 0.441 e. The summed E-state index contributed by atoms with van der Waals surface area (Å²) in [7, 11) is 0. The molecule has 1 aliphatic carbocycles. The van der Waals surface area contributed by atoms with Crippen molar-refractivity contribution in [2.45, 2.75) is 46.9 Å². The fraction of sp³-hybridized carbons (Fsp3) is 0.588. The van der Waals surface area contributed by atoms with Crippen LogP contribution in [0.25, 0.3) is 0 Å². The molecule has 0 aromatic rings. The molecule has 0 N–H and O–H groups in total. The van der Waals surface area contributed by atoms with E-state index in [9.17, 15) is 22.4 Å². The lowest BCUT2D eigenvalue weighted by molar-refractivity contribution is -0.148. The third kappa shape index (κ3) is 5.12. The van der Waals surface area contributed by atoms with Crippen LogP contribution in [-0.2, 0) is 9.53 Å². The molecule has 6 heteroatoms. The third-order valence-corrected chi connectivity index (χ3v) is 3.74. The third-order valence-electron chi connectivity index (χ3n) is 3.74. The van der Waals surface area contributed by atoms with Crippen molar-refractivity contribution in [1.29, 1.82) is 0 Å². The van der Waals surface area contributed by atoms with E-state index in [-0.39, 0.29) is 11.3 Å². The van der Waals surface area contributed by atoms with Gasteiger partial charge in [0.2, 0.25) is 6.10 Å². The fourth-order valence-corrected chi connectivity index (χ4v) is 2.51. The van der Waals surface area contributed by atoms with E-state index < -0.39 is 36.1 Å². The number of carbonyl (C=O) groups is 1. The van der Waals surface area contributed by atoms with E-state index in [0.29, 0.717) is 0 Å². The van der Waals surface area contributed by atoms with E-state index in [1.165, 1.54) is 6.92 Å². The average molecular weight is 332 g/mol. The second kappa shape index (κ2) is 6.77. The van der Waals surface area contributed by atoms with Gasteiger partial charge in [0.25, 0.3) is 0 Å². The van der Waals surface area contributed by atoms with Crippen molar-refractivity contribution in [3.63, 3.8) is 0 Å². The maximum atomic E-state index is 13.6. The molecule has 2 nitrogen and oxygen atoms in total. The number of carbonyl (C=O) groups excluding carboxylic acids is 1. The SMILES string of the molecule is CC#CC(OC(=O)C1C(C=C(C)C)C1(C)C)C(F)=CC(F)(F)F. The van der Waals surface area contributed by atoms with Crippen molar-refractivity contribution in [3.05, 3.63) is 23.6 Å². The summed E-state index contributed by atoms with van der Waals surface area (Å²) in [4.78, 5) is 12.2. The van der Waals surface area contributed by atoms with Gasteiger partial charge in [0.05, 0.1) is 12.0 Å². The molecule has 0 spiro atoms. The van der Waals surface area contributed by atoms with Crippen molar-refractivity contribution in [1.82, 2.24) is 0 Å². The number of hydrogen-bond acceptors (Lipinski definition) is 2. The van der Waals surface area contributed by atoms with Crippen LogP contribution in [0.2, 0.25) is 0 Å². The van der Waals surface area contributed by atoms with Crippen LogP contribution < -0.4 is 0 Å². The Balaban J connectivity index is 2.90. The summed E-state index contributed by atoms with van der Waals surface area (Å²) >= 11 is 0. The van der Waals surface area contributed by atoms with Gasteiger partial charge in [-0.2, -0.15) is 13.2 Å². The quantitative estimate of drug-likeness (QED) is 0.326. The highest BCUT2D eigenvalue weighted by Crippen LogP contribution is 2.60. The molecule has 0 aromatic carbocycles. The van der Waals surface area contributed by atoms with Gasteiger partial charge >= 0.3 is 12.1 Å². The summed E-state index contributed by atoms with van der Waals surface area (Å²) in [6.07, 6.45) is -5.30. The topological polar surface area (TPSA) is 26.3 Å². The molecule has 3 unspecified atom stereocenters. The monoisotopic (exact) mass is 332 g/mol. The highest BCUT2D eigenvalue weighted by atomic mass is 19.4. The second-order valence-electron chi connectivity index (χ2n) is 6.35. The Labute approximate surface area is 133 Å². The van der Waals surface area contributed by atoms with Crippen LogP contribution in [0, 0.1) is 29.1 Å². The first kappa shape index (κ1) is 19.3. The molecule has 0 aromatic heterocycles. The normalized spacial score (nSPS) is 24.1. The van der Waals surface area contributed by atoms with Crippen LogP contribution in [0.3, 0.4) is 0 Å². The molecule has 3 atom stereocenters. The molecular formula is C17H20F4O2. The lowest BCUT2D eigenvalue weighted by Crippen LogP contribution is -2.21. The van der Waals surface area contributed by atoms with E-state index in [0.717, 1.165) is 5.57 Å². The zero-order valence-corrected chi connectivity index (χ0v) is 13.7. The van der Waals surface area contributed by atoms with E-state index in [1.54, 1.807) is 0 Å². The molecular weight excluding hydrogens is 312 g/mol. The van der Waals surface area contributed by atoms with E-state index >= 15 is 0 Å². The van der Waals surface area contributed by atoms with Crippen LogP contribution >= 0.6 is 0 Å². The number of rotatable bonds is 4. The van der Waals surface area contributed by atoms with Gasteiger partial charge in [0.1, 0.15) is 0 Å². The lowest BCUT2D eigenvalue weighted by atomic mass is 10.1. The van der Waals surface area contributed by atoms with E-state index in [4.69, 9.17) is 4.74 Å². The Hall–Kier alpha value is -1.77. The minimum absolute atomic E-state index is 0.0788. The molecule has 0 bridgehead atoms. The predicted octanol–water partition coefficient (Wildman–Crippen LogP) is 4.58. The lowest BCUT2D eigenvalue weighted by Gasteiger charge is -2.12. The van der Waals surface area contributed by atoms with E-state index in [2.05, 4.69) is 11.8 Å². The smallest absolute Gasteiger partial charge is 0.412 e. The number of allylic oxidation sites excluding steroid dienone is 3. The number of halogens is 4. The fourth-order valence-electron chi connectivity index (χ4n) is 2.51. The van der Waals surface area contributed by atoms with Gasteiger partial charge in [0, 0.05) is 0 Å². The highest BCUT2D eigenvalue weighted by molar-refractivity contribution is 5.79. The molecule has 1 saturated carbocycles. The first-order chi connectivity index (χ1) is 10.4. The standard InChI is InChI=1S/C17H20F4O2/c1-6-7-13(12(18)9-17(19,20)21)23-15(22)14-11(8-10(2)3)16(14,4)5/h8-9,11,13-14H,1-5H3. The number of hydrogen-bond donors (Lipinski definition) is 0. The van der Waals surface area contributed by atoms with Crippen molar-refractivity contribution < 1.29 is 27.1 Å². The number of ether oxygens (including phenoxy) is 1. The predicted molar refractivity (Wildman–Crippen MR) is 78.8 cm³/mol. The molecule has 0 radical (unpaired) electrons. The summed E-state index contributed by atoms with van der Waals surface area (Å²) in [6, 6.07) is 0. The van der Waals surface area contributed by atoms with Gasteiger partial charge in [-0.3, -0.25) is 4.79 Å². The van der Waals surface area contributed by atoms with E-state index in [1.807, 2.05) is 33.8 Å². The molecule has 1 aliphatic rings. The van der Waals surface area contributed by atoms with Crippen LogP contribution in [0.1, 0.15) is 34.6 Å². The van der Waals surface area contributed by atoms with Crippen LogP contribution in [0.5, 0.6) is 0 Å².